The van der Waals surface area contributed by atoms with Crippen molar-refractivity contribution in [2.24, 2.45) is 5.92 Å². The van der Waals surface area contributed by atoms with Crippen LogP contribution in [-0.4, -0.2) is 43.4 Å². The molecule has 1 aromatic heterocycles. The topological polar surface area (TPSA) is 76.8 Å². The lowest BCUT2D eigenvalue weighted by molar-refractivity contribution is 0.0665. The van der Waals surface area contributed by atoms with E-state index in [-0.39, 0.29) is 30.0 Å². The monoisotopic (exact) mass is 429 g/mol. The second-order valence-corrected chi connectivity index (χ2v) is 10.5. The van der Waals surface area contributed by atoms with E-state index in [0.29, 0.717) is 41.9 Å². The molecule has 3 unspecified atom stereocenters. The summed E-state index contributed by atoms with van der Waals surface area (Å²) in [5.74, 6) is 3.27. The van der Waals surface area contributed by atoms with Crippen molar-refractivity contribution in [1.82, 2.24) is 4.90 Å². The standard InChI is InChI=1S/C23H27NO5S/c1-3-11-28-19-6-4-17(5-7-19)23(25)24(18-10-12-30(26,27)15-18)14-20-8-9-22(29-20)21-13-16(21)2/h3-9,16,18,21H,1,10-15H2,2H3. The summed E-state index contributed by atoms with van der Waals surface area (Å²) >= 11 is 0. The van der Waals surface area contributed by atoms with Crippen molar-refractivity contribution in [3.8, 4) is 5.75 Å². The highest BCUT2D eigenvalue weighted by atomic mass is 32.2. The van der Waals surface area contributed by atoms with Gasteiger partial charge >= 0.3 is 0 Å². The average Bonchev–Trinajstić information content (AvgIpc) is 3.11. The van der Waals surface area contributed by atoms with Gasteiger partial charge in [-0.15, -0.1) is 0 Å². The number of nitrogens with zero attached hydrogens (tertiary/aromatic N) is 1. The maximum absolute atomic E-state index is 13.3. The smallest absolute Gasteiger partial charge is 0.254 e. The quantitative estimate of drug-likeness (QED) is 0.597. The molecule has 1 saturated carbocycles. The molecule has 4 rings (SSSR count). The normalized spacial score (nSPS) is 24.4. The van der Waals surface area contributed by atoms with E-state index in [1.807, 2.05) is 12.1 Å². The fourth-order valence-electron chi connectivity index (χ4n) is 3.97. The number of benzene rings is 1. The van der Waals surface area contributed by atoms with Gasteiger partial charge in [0.2, 0.25) is 0 Å². The van der Waals surface area contributed by atoms with Crippen molar-refractivity contribution in [2.45, 2.75) is 38.3 Å². The molecule has 0 bridgehead atoms. The molecule has 7 heteroatoms. The molecule has 2 aromatic rings. The van der Waals surface area contributed by atoms with Crippen LogP contribution in [0.3, 0.4) is 0 Å². The van der Waals surface area contributed by atoms with Crippen LogP contribution in [0.15, 0.2) is 53.5 Å². The van der Waals surface area contributed by atoms with Crippen molar-refractivity contribution in [2.75, 3.05) is 18.1 Å². The number of hydrogen-bond donors (Lipinski definition) is 0. The van der Waals surface area contributed by atoms with E-state index in [9.17, 15) is 13.2 Å². The van der Waals surface area contributed by atoms with Crippen LogP contribution in [0.1, 0.15) is 47.6 Å². The first-order chi connectivity index (χ1) is 14.4. The lowest BCUT2D eigenvalue weighted by atomic mass is 10.1. The molecule has 30 heavy (non-hydrogen) atoms. The van der Waals surface area contributed by atoms with Crippen molar-refractivity contribution in [1.29, 1.82) is 0 Å². The van der Waals surface area contributed by atoms with E-state index in [1.54, 1.807) is 35.2 Å². The first-order valence-electron chi connectivity index (χ1n) is 10.3. The molecule has 2 aliphatic rings. The summed E-state index contributed by atoms with van der Waals surface area (Å²) in [6, 6.07) is 10.4. The minimum Gasteiger partial charge on any atom is -0.490 e. The number of sulfone groups is 1. The van der Waals surface area contributed by atoms with E-state index in [4.69, 9.17) is 9.15 Å². The SMILES string of the molecule is C=CCOc1ccc(C(=O)N(Cc2ccc(C3CC3C)o2)C2CCS(=O)(=O)C2)cc1. The second-order valence-electron chi connectivity index (χ2n) is 8.24. The van der Waals surface area contributed by atoms with E-state index in [1.165, 1.54) is 0 Å². The van der Waals surface area contributed by atoms with Gasteiger partial charge in [-0.05, 0) is 55.2 Å². The maximum Gasteiger partial charge on any atom is 0.254 e. The number of hydrogen-bond acceptors (Lipinski definition) is 5. The van der Waals surface area contributed by atoms with Crippen molar-refractivity contribution in [3.63, 3.8) is 0 Å². The van der Waals surface area contributed by atoms with Crippen LogP contribution in [0, 0.1) is 5.92 Å². The molecule has 1 saturated heterocycles. The van der Waals surface area contributed by atoms with Crippen molar-refractivity contribution in [3.05, 3.63) is 66.1 Å². The molecule has 0 radical (unpaired) electrons. The Kier molecular flexibility index (Phi) is 5.73. The predicted molar refractivity (Wildman–Crippen MR) is 114 cm³/mol. The Bertz CT molecular complexity index is 1020. The summed E-state index contributed by atoms with van der Waals surface area (Å²) in [7, 11) is -3.12. The molecule has 2 fully saturated rings. The predicted octanol–water partition coefficient (Wildman–Crippen LogP) is 3.80. The van der Waals surface area contributed by atoms with Gasteiger partial charge in [-0.3, -0.25) is 4.79 Å². The van der Waals surface area contributed by atoms with Gasteiger partial charge in [0.25, 0.3) is 5.91 Å². The Morgan fingerprint density at radius 1 is 1.27 bits per heavy atom. The summed E-state index contributed by atoms with van der Waals surface area (Å²) < 4.78 is 35.6. The summed E-state index contributed by atoms with van der Waals surface area (Å²) in [4.78, 5) is 15.0. The lowest BCUT2D eigenvalue weighted by Gasteiger charge is -2.27. The van der Waals surface area contributed by atoms with Crippen LogP contribution in [-0.2, 0) is 16.4 Å². The van der Waals surface area contributed by atoms with Crippen LogP contribution >= 0.6 is 0 Å². The second kappa shape index (κ2) is 8.30. The highest BCUT2D eigenvalue weighted by molar-refractivity contribution is 7.91. The Hall–Kier alpha value is -2.54. The number of carbonyl (C=O) groups is 1. The molecule has 1 amide bonds. The van der Waals surface area contributed by atoms with Gasteiger partial charge in [0.15, 0.2) is 9.84 Å². The van der Waals surface area contributed by atoms with E-state index in [0.717, 1.165) is 12.2 Å². The van der Waals surface area contributed by atoms with Crippen molar-refractivity contribution < 1.29 is 22.4 Å². The number of carbonyl (C=O) groups excluding carboxylic acids is 1. The lowest BCUT2D eigenvalue weighted by Crippen LogP contribution is -2.40. The fourth-order valence-corrected chi connectivity index (χ4v) is 5.70. The summed E-state index contributed by atoms with van der Waals surface area (Å²) in [6.07, 6.45) is 3.22. The van der Waals surface area contributed by atoms with Gasteiger partial charge in [0, 0.05) is 17.5 Å². The molecule has 1 aliphatic carbocycles. The summed E-state index contributed by atoms with van der Waals surface area (Å²) in [5, 5.41) is 0. The number of amides is 1. The first-order valence-corrected chi connectivity index (χ1v) is 12.1. The maximum atomic E-state index is 13.3. The van der Waals surface area contributed by atoms with Crippen molar-refractivity contribution >= 4 is 15.7 Å². The van der Waals surface area contributed by atoms with Gasteiger partial charge < -0.3 is 14.1 Å². The zero-order valence-electron chi connectivity index (χ0n) is 17.1. The third kappa shape index (κ3) is 4.61. The summed E-state index contributed by atoms with van der Waals surface area (Å²) in [6.45, 7) is 6.45. The van der Waals surface area contributed by atoms with Gasteiger partial charge in [-0.2, -0.15) is 0 Å². The van der Waals surface area contributed by atoms with E-state index in [2.05, 4.69) is 13.5 Å². The zero-order chi connectivity index (χ0) is 21.3. The highest BCUT2D eigenvalue weighted by Crippen LogP contribution is 2.47. The Morgan fingerprint density at radius 2 is 2.00 bits per heavy atom. The number of rotatable bonds is 8. The molecule has 0 N–H and O–H groups in total. The molecule has 1 aliphatic heterocycles. The molecular formula is C23H27NO5S. The number of furan rings is 1. The van der Waals surface area contributed by atoms with Gasteiger partial charge in [0.1, 0.15) is 23.9 Å². The molecule has 0 spiro atoms. The largest absolute Gasteiger partial charge is 0.490 e. The van der Waals surface area contributed by atoms with E-state index < -0.39 is 9.84 Å². The third-order valence-electron chi connectivity index (χ3n) is 5.86. The molecule has 160 valence electrons. The Morgan fingerprint density at radius 3 is 2.60 bits per heavy atom. The van der Waals surface area contributed by atoms with Gasteiger partial charge in [0.05, 0.1) is 18.1 Å². The molecule has 2 heterocycles. The molecule has 3 atom stereocenters. The van der Waals surface area contributed by atoms with Crippen LogP contribution in [0.2, 0.25) is 0 Å². The van der Waals surface area contributed by atoms with Gasteiger partial charge in [-0.25, -0.2) is 8.42 Å². The van der Waals surface area contributed by atoms with E-state index >= 15 is 0 Å². The Balaban J connectivity index is 1.54. The molecule has 1 aromatic carbocycles. The minimum absolute atomic E-state index is 0.00745. The average molecular weight is 430 g/mol. The number of ether oxygens (including phenoxy) is 1. The minimum atomic E-state index is -3.12. The highest BCUT2D eigenvalue weighted by Gasteiger charge is 2.38. The Labute approximate surface area is 177 Å². The van der Waals surface area contributed by atoms with Crippen LogP contribution in [0.25, 0.3) is 0 Å². The summed E-state index contributed by atoms with van der Waals surface area (Å²) in [5.41, 5.74) is 0.493. The third-order valence-corrected chi connectivity index (χ3v) is 7.61. The first kappa shape index (κ1) is 20.7. The fraction of sp³-hybridized carbons (Fsp3) is 0.435. The van der Waals surface area contributed by atoms with Crippen LogP contribution < -0.4 is 4.74 Å². The molecular weight excluding hydrogens is 402 g/mol. The van der Waals surface area contributed by atoms with Crippen LogP contribution in [0.5, 0.6) is 5.75 Å². The molecule has 6 nitrogen and oxygen atoms in total. The zero-order valence-corrected chi connectivity index (χ0v) is 17.9. The van der Waals surface area contributed by atoms with Gasteiger partial charge in [-0.1, -0.05) is 19.6 Å². The van der Waals surface area contributed by atoms with Crippen LogP contribution in [0.4, 0.5) is 0 Å².